The third-order valence-corrected chi connectivity index (χ3v) is 10.3. The highest BCUT2D eigenvalue weighted by molar-refractivity contribution is 6.33. The van der Waals surface area contributed by atoms with Crippen LogP contribution in [0, 0.1) is 13.8 Å². The minimum Gasteiger partial charge on any atom is -0.311 e. The molecule has 0 aliphatic heterocycles. The number of anilines is 2. The smallest absolute Gasteiger partial charge is 0.0468 e. The first-order valence-corrected chi connectivity index (χ1v) is 18.0. The largest absolute Gasteiger partial charge is 0.311 e. The van der Waals surface area contributed by atoms with E-state index in [0.29, 0.717) is 0 Å². The van der Waals surface area contributed by atoms with Crippen molar-refractivity contribution in [1.82, 2.24) is 0 Å². The summed E-state index contributed by atoms with van der Waals surface area (Å²) in [6, 6.07) is 58.3. The predicted octanol–water partition coefficient (Wildman–Crippen LogP) is 14.1. The molecule has 8 aromatic rings. The Morgan fingerprint density at radius 1 is 0.431 bits per heavy atom. The maximum Gasteiger partial charge on any atom is 0.0468 e. The molecule has 0 atom stereocenters. The number of fused-ring (bicyclic) bond motifs is 6. The van der Waals surface area contributed by atoms with E-state index < -0.39 is 0 Å². The summed E-state index contributed by atoms with van der Waals surface area (Å²) >= 11 is 0. The number of aryl methyl sites for hydroxylation is 2. The molecule has 1 aliphatic rings. The molecule has 1 heteroatoms. The van der Waals surface area contributed by atoms with Gasteiger partial charge in [0.25, 0.3) is 0 Å². The van der Waals surface area contributed by atoms with Crippen LogP contribution in [0.25, 0.3) is 65.7 Å². The van der Waals surface area contributed by atoms with Gasteiger partial charge in [-0.25, -0.2) is 0 Å². The fourth-order valence-electron chi connectivity index (χ4n) is 8.18. The van der Waals surface area contributed by atoms with Gasteiger partial charge in [0.1, 0.15) is 0 Å². The normalized spacial score (nSPS) is 12.8. The lowest BCUT2D eigenvalue weighted by Crippen LogP contribution is -2.16. The van der Waals surface area contributed by atoms with E-state index in [9.17, 15) is 0 Å². The van der Waals surface area contributed by atoms with E-state index in [4.69, 9.17) is 0 Å². The molecule has 0 fully saturated rings. The molecule has 0 saturated carbocycles. The number of nitrogens with zero attached hydrogens (tertiary/aromatic N) is 1. The van der Waals surface area contributed by atoms with Crippen molar-refractivity contribution >= 4 is 43.7 Å². The van der Waals surface area contributed by atoms with Crippen LogP contribution in [0.5, 0.6) is 0 Å². The molecule has 1 nitrogen and oxygen atoms in total. The Morgan fingerprint density at radius 3 is 1.75 bits per heavy atom. The van der Waals surface area contributed by atoms with Crippen LogP contribution in [0.15, 0.2) is 182 Å². The molecule has 0 amide bonds. The van der Waals surface area contributed by atoms with Crippen molar-refractivity contribution in [1.29, 1.82) is 0 Å². The van der Waals surface area contributed by atoms with Gasteiger partial charge in [-0.1, -0.05) is 151 Å². The standard InChI is InChI=1S/C50H39N/c1-34-29-35(2)31-38(30-34)46-33-45(36-17-7-3-8-18-36)49-43-26-16-15-25-42(43)47-32-41(27-28-44(47)50(49)48(46)37-19-9-4-10-20-37)51(39-21-11-5-12-22-39)40-23-13-6-14-24-40/h3-5,7-13,15-33H,6,14H2,1-2H3. The monoisotopic (exact) mass is 653 g/mol. The van der Waals surface area contributed by atoms with Gasteiger partial charge in [-0.3, -0.25) is 0 Å². The average molecular weight is 654 g/mol. The number of rotatable bonds is 6. The maximum atomic E-state index is 2.46. The number of hydrogen-bond donors (Lipinski definition) is 0. The second-order valence-electron chi connectivity index (χ2n) is 13.8. The zero-order valence-corrected chi connectivity index (χ0v) is 29.1. The van der Waals surface area contributed by atoms with Crippen molar-refractivity contribution in [3.8, 4) is 33.4 Å². The highest BCUT2D eigenvalue weighted by Gasteiger charge is 2.23. The van der Waals surface area contributed by atoms with Crippen LogP contribution < -0.4 is 4.90 Å². The van der Waals surface area contributed by atoms with Crippen LogP contribution >= 0.6 is 0 Å². The molecule has 244 valence electrons. The SMILES string of the molecule is Cc1cc(C)cc(-c2cc(-c3ccccc3)c3c4ccccc4c4cc(N(C5=CCCC=C5)c5ccccc5)ccc4c3c2-c2ccccc2)c1. The fraction of sp³-hybridized carbons (Fsp3) is 0.0800. The average Bonchev–Trinajstić information content (AvgIpc) is 3.18. The molecule has 0 spiro atoms. The Kier molecular flexibility index (Phi) is 7.82. The van der Waals surface area contributed by atoms with Gasteiger partial charge in [-0.05, 0) is 129 Å². The third-order valence-electron chi connectivity index (χ3n) is 10.3. The van der Waals surface area contributed by atoms with Crippen molar-refractivity contribution in [2.24, 2.45) is 0 Å². The topological polar surface area (TPSA) is 3.24 Å². The summed E-state index contributed by atoms with van der Waals surface area (Å²) in [5.74, 6) is 0. The summed E-state index contributed by atoms with van der Waals surface area (Å²) in [6.07, 6.45) is 9.05. The molecule has 0 bridgehead atoms. The summed E-state index contributed by atoms with van der Waals surface area (Å²) < 4.78 is 0. The first kappa shape index (κ1) is 30.8. The third kappa shape index (κ3) is 5.52. The number of hydrogen-bond acceptors (Lipinski definition) is 1. The second kappa shape index (κ2) is 12.9. The lowest BCUT2D eigenvalue weighted by atomic mass is 9.81. The highest BCUT2D eigenvalue weighted by atomic mass is 15.1. The molecule has 0 aromatic heterocycles. The zero-order chi connectivity index (χ0) is 34.3. The molecule has 51 heavy (non-hydrogen) atoms. The lowest BCUT2D eigenvalue weighted by Gasteiger charge is -2.28. The molecular weight excluding hydrogens is 615 g/mol. The van der Waals surface area contributed by atoms with Gasteiger partial charge >= 0.3 is 0 Å². The van der Waals surface area contributed by atoms with Gasteiger partial charge in [-0.15, -0.1) is 0 Å². The predicted molar refractivity (Wildman–Crippen MR) is 220 cm³/mol. The van der Waals surface area contributed by atoms with Gasteiger partial charge in [0.15, 0.2) is 0 Å². The Labute approximate surface area is 300 Å². The van der Waals surface area contributed by atoms with Crippen molar-refractivity contribution in [2.45, 2.75) is 26.7 Å². The van der Waals surface area contributed by atoms with Crippen LogP contribution in [0.1, 0.15) is 24.0 Å². The Hall–Kier alpha value is -6.18. The molecule has 0 heterocycles. The summed E-state index contributed by atoms with van der Waals surface area (Å²) in [7, 11) is 0. The van der Waals surface area contributed by atoms with Gasteiger partial charge in [0.05, 0.1) is 0 Å². The van der Waals surface area contributed by atoms with E-state index in [2.05, 4.69) is 195 Å². The molecule has 0 radical (unpaired) electrons. The molecule has 8 aromatic carbocycles. The molecule has 1 aliphatic carbocycles. The van der Waals surface area contributed by atoms with Crippen LogP contribution in [0.2, 0.25) is 0 Å². The van der Waals surface area contributed by atoms with E-state index in [0.717, 1.165) is 24.2 Å². The van der Waals surface area contributed by atoms with Gasteiger partial charge in [-0.2, -0.15) is 0 Å². The maximum absolute atomic E-state index is 2.46. The minimum absolute atomic E-state index is 1.04. The fourth-order valence-corrected chi connectivity index (χ4v) is 8.18. The lowest BCUT2D eigenvalue weighted by molar-refractivity contribution is 0.997. The second-order valence-corrected chi connectivity index (χ2v) is 13.8. The van der Waals surface area contributed by atoms with Crippen molar-refractivity contribution in [2.75, 3.05) is 4.90 Å². The minimum atomic E-state index is 1.04. The highest BCUT2D eigenvalue weighted by Crippen LogP contribution is 2.50. The summed E-state index contributed by atoms with van der Waals surface area (Å²) in [6.45, 7) is 4.41. The Morgan fingerprint density at radius 2 is 1.06 bits per heavy atom. The number of benzene rings is 8. The van der Waals surface area contributed by atoms with E-state index in [1.54, 1.807) is 0 Å². The molecule has 0 saturated heterocycles. The van der Waals surface area contributed by atoms with Crippen molar-refractivity contribution in [3.05, 3.63) is 193 Å². The van der Waals surface area contributed by atoms with Gasteiger partial charge in [0.2, 0.25) is 0 Å². The van der Waals surface area contributed by atoms with Crippen LogP contribution in [-0.2, 0) is 0 Å². The number of para-hydroxylation sites is 1. The summed E-state index contributed by atoms with van der Waals surface area (Å²) in [4.78, 5) is 2.41. The van der Waals surface area contributed by atoms with Crippen molar-refractivity contribution in [3.63, 3.8) is 0 Å². The number of allylic oxidation sites excluding steroid dienone is 3. The first-order valence-electron chi connectivity index (χ1n) is 18.0. The Balaban J connectivity index is 1.47. The molecular formula is C50H39N. The van der Waals surface area contributed by atoms with Gasteiger partial charge < -0.3 is 4.90 Å². The van der Waals surface area contributed by atoms with E-state index in [-0.39, 0.29) is 0 Å². The summed E-state index contributed by atoms with van der Waals surface area (Å²) in [5, 5.41) is 7.63. The van der Waals surface area contributed by atoms with Gasteiger partial charge in [0, 0.05) is 17.1 Å². The van der Waals surface area contributed by atoms with Crippen LogP contribution in [0.4, 0.5) is 11.4 Å². The van der Waals surface area contributed by atoms with Crippen molar-refractivity contribution < 1.29 is 0 Å². The van der Waals surface area contributed by atoms with E-state index >= 15 is 0 Å². The summed E-state index contributed by atoms with van der Waals surface area (Å²) in [5.41, 5.74) is 13.5. The van der Waals surface area contributed by atoms with E-state index in [1.807, 2.05) is 0 Å². The molecule has 0 unspecified atom stereocenters. The molecule has 0 N–H and O–H groups in total. The van der Waals surface area contributed by atoms with Crippen LogP contribution in [0.3, 0.4) is 0 Å². The molecule has 9 rings (SSSR count). The van der Waals surface area contributed by atoms with E-state index in [1.165, 1.54) is 82.5 Å². The quantitative estimate of drug-likeness (QED) is 0.161. The van der Waals surface area contributed by atoms with Crippen LogP contribution in [-0.4, -0.2) is 0 Å². The zero-order valence-electron chi connectivity index (χ0n) is 29.1. The first-order chi connectivity index (χ1) is 25.1. The Bertz CT molecular complexity index is 2610.